The Morgan fingerprint density at radius 1 is 1.07 bits per heavy atom. The van der Waals surface area contributed by atoms with Crippen molar-refractivity contribution in [3.8, 4) is 5.75 Å². The lowest BCUT2D eigenvalue weighted by molar-refractivity contribution is -0.186. The molecule has 12 heteroatoms. The number of hydrogen-bond acceptors (Lipinski definition) is 11. The summed E-state index contributed by atoms with van der Waals surface area (Å²) in [5.74, 6) is -10.0. The number of Topliss-reactive ketones (excluding diaryl/α,β-unsaturated/α-hetero) is 4. The third kappa shape index (κ3) is 4.76. The fourth-order valence-corrected chi connectivity index (χ4v) is 7.29. The van der Waals surface area contributed by atoms with Crippen molar-refractivity contribution in [1.82, 2.24) is 15.1 Å². The third-order valence-corrected chi connectivity index (χ3v) is 9.07. The lowest BCUT2D eigenvalue weighted by atomic mass is 9.46. The molecule has 224 valence electrons. The van der Waals surface area contributed by atoms with E-state index < -0.39 is 63.9 Å². The maximum Gasteiger partial charge on any atom is 0.235 e. The average molecular weight is 572 g/mol. The fourth-order valence-electron chi connectivity index (χ4n) is 7.29. The van der Waals surface area contributed by atoms with Gasteiger partial charge in [-0.3, -0.25) is 28.9 Å². The van der Waals surface area contributed by atoms with Crippen LogP contribution in [0.2, 0.25) is 0 Å². The van der Waals surface area contributed by atoms with E-state index >= 15 is 0 Å². The quantitative estimate of drug-likeness (QED) is 0.208. The van der Waals surface area contributed by atoms with Gasteiger partial charge < -0.3 is 31.1 Å². The number of anilines is 1. The molecule has 2 fully saturated rings. The highest BCUT2D eigenvalue weighted by molar-refractivity contribution is 6.32. The second kappa shape index (κ2) is 10.9. The summed E-state index contributed by atoms with van der Waals surface area (Å²) in [6, 6.07) is 1.92. The highest BCUT2D eigenvalue weighted by Gasteiger charge is 2.72. The SMILES string of the molecule is CN(C)CCCNC[C@@]12Cc3c(N(C)C)ccc(O)c3C(=O)C1C(=O)[C@]1(O)C(=O)C(C(N)=O)C(=O)[C@@H](N(C)C)[C@@H]1C2. The molecule has 0 aliphatic heterocycles. The summed E-state index contributed by atoms with van der Waals surface area (Å²) in [6.07, 6.45) is 0.947. The number of hydrogen-bond donors (Lipinski definition) is 4. The maximum atomic E-state index is 14.4. The van der Waals surface area contributed by atoms with Crippen LogP contribution in [0.25, 0.3) is 0 Å². The van der Waals surface area contributed by atoms with Crippen LogP contribution < -0.4 is 16.0 Å². The molecule has 3 aliphatic rings. The summed E-state index contributed by atoms with van der Waals surface area (Å²) < 4.78 is 0. The van der Waals surface area contributed by atoms with E-state index in [1.807, 2.05) is 38.0 Å². The highest BCUT2D eigenvalue weighted by Crippen LogP contribution is 2.57. The lowest BCUT2D eigenvalue weighted by Gasteiger charge is -2.57. The van der Waals surface area contributed by atoms with E-state index in [1.54, 1.807) is 20.2 Å². The monoisotopic (exact) mass is 571 g/mol. The van der Waals surface area contributed by atoms with E-state index in [0.29, 0.717) is 17.8 Å². The van der Waals surface area contributed by atoms with Crippen molar-refractivity contribution in [2.24, 2.45) is 28.9 Å². The van der Waals surface area contributed by atoms with Crippen molar-refractivity contribution in [2.75, 3.05) is 66.8 Å². The van der Waals surface area contributed by atoms with Crippen LogP contribution in [0.3, 0.4) is 0 Å². The van der Waals surface area contributed by atoms with Crippen LogP contribution >= 0.6 is 0 Å². The number of primary amides is 1. The van der Waals surface area contributed by atoms with Gasteiger partial charge in [0, 0.05) is 37.7 Å². The number of phenolic OH excluding ortho intramolecular Hbond substituents is 1. The van der Waals surface area contributed by atoms with E-state index in [1.165, 1.54) is 11.0 Å². The van der Waals surface area contributed by atoms with Crippen molar-refractivity contribution >= 4 is 34.7 Å². The Bertz CT molecular complexity index is 1290. The van der Waals surface area contributed by atoms with Gasteiger partial charge in [-0.1, -0.05) is 0 Å². The molecule has 2 unspecified atom stereocenters. The highest BCUT2D eigenvalue weighted by atomic mass is 16.3. The molecule has 1 aromatic carbocycles. The van der Waals surface area contributed by atoms with Crippen LogP contribution in [0.1, 0.15) is 28.8 Å². The zero-order chi connectivity index (χ0) is 30.6. The van der Waals surface area contributed by atoms with Gasteiger partial charge in [0.1, 0.15) is 5.75 Å². The Labute approximate surface area is 239 Å². The Balaban J connectivity index is 1.91. The predicted molar refractivity (Wildman–Crippen MR) is 151 cm³/mol. The number of amides is 1. The number of benzene rings is 1. The molecule has 0 aromatic heterocycles. The number of rotatable bonds is 9. The van der Waals surface area contributed by atoms with Crippen LogP contribution in [0, 0.1) is 23.2 Å². The second-order valence-corrected chi connectivity index (χ2v) is 12.5. The Morgan fingerprint density at radius 2 is 1.73 bits per heavy atom. The summed E-state index contributed by atoms with van der Waals surface area (Å²) in [4.78, 5) is 73.3. The standard InChI is InChI=1S/C29H41N5O7/c1-32(2)11-7-10-31-14-28-12-15-17(33(3)4)8-9-18(35)19(15)23(36)21(28)26(39)29(41)16(13-28)22(34(5)6)24(37)20(25(29)38)27(30)40/h8-9,16,20-22,31,35,41H,7,10-14H2,1-6H3,(H2,30,40)/t16-,20?,21?,22-,28-,29+/m0/s1. The van der Waals surface area contributed by atoms with Crippen molar-refractivity contribution in [1.29, 1.82) is 0 Å². The number of carbonyl (C=O) groups excluding carboxylic acids is 5. The van der Waals surface area contributed by atoms with E-state index in [-0.39, 0.29) is 30.7 Å². The number of nitrogens with two attached hydrogens (primary N) is 1. The summed E-state index contributed by atoms with van der Waals surface area (Å²) in [6.45, 7) is 1.58. The zero-order valence-corrected chi connectivity index (χ0v) is 24.6. The molecule has 0 spiro atoms. The number of fused-ring (bicyclic) bond motifs is 3. The summed E-state index contributed by atoms with van der Waals surface area (Å²) in [5, 5.41) is 26.1. The van der Waals surface area contributed by atoms with Gasteiger partial charge in [0.2, 0.25) is 5.91 Å². The molecule has 4 rings (SSSR count). The topological polar surface area (TPSA) is 174 Å². The van der Waals surface area contributed by atoms with Crippen LogP contribution in [0.4, 0.5) is 5.69 Å². The first kappa shape index (κ1) is 30.8. The molecule has 0 saturated heterocycles. The smallest absolute Gasteiger partial charge is 0.235 e. The first-order valence-electron chi connectivity index (χ1n) is 13.8. The van der Waals surface area contributed by atoms with Crippen molar-refractivity contribution in [3.05, 3.63) is 23.3 Å². The molecular formula is C29H41N5O7. The number of nitrogens with one attached hydrogen (secondary N) is 1. The molecule has 1 amide bonds. The second-order valence-electron chi connectivity index (χ2n) is 12.5. The van der Waals surface area contributed by atoms with E-state index in [9.17, 15) is 34.2 Å². The number of likely N-dealkylation sites (N-methyl/N-ethyl adjacent to an activating group) is 1. The number of ketones is 4. The van der Waals surface area contributed by atoms with Gasteiger partial charge in [0.15, 0.2) is 34.7 Å². The van der Waals surface area contributed by atoms with Gasteiger partial charge in [-0.2, -0.15) is 0 Å². The van der Waals surface area contributed by atoms with Gasteiger partial charge in [-0.05, 0) is 78.2 Å². The van der Waals surface area contributed by atoms with Gasteiger partial charge >= 0.3 is 0 Å². The molecule has 41 heavy (non-hydrogen) atoms. The van der Waals surface area contributed by atoms with E-state index in [4.69, 9.17) is 5.73 Å². The van der Waals surface area contributed by atoms with Crippen molar-refractivity contribution in [2.45, 2.75) is 30.9 Å². The minimum absolute atomic E-state index is 0.0187. The average Bonchev–Trinajstić information content (AvgIpc) is 2.85. The lowest BCUT2D eigenvalue weighted by Crippen LogP contribution is -2.76. The molecule has 12 nitrogen and oxygen atoms in total. The molecule has 2 saturated carbocycles. The molecule has 5 N–H and O–H groups in total. The largest absolute Gasteiger partial charge is 0.507 e. The van der Waals surface area contributed by atoms with Gasteiger partial charge in [0.25, 0.3) is 0 Å². The molecule has 1 aromatic rings. The molecule has 0 bridgehead atoms. The first-order chi connectivity index (χ1) is 19.1. The molecule has 6 atom stereocenters. The normalized spacial score (nSPS) is 31.2. The Morgan fingerprint density at radius 3 is 2.29 bits per heavy atom. The predicted octanol–water partition coefficient (Wildman–Crippen LogP) is -1.16. The summed E-state index contributed by atoms with van der Waals surface area (Å²) in [5.41, 5.74) is 2.77. The maximum absolute atomic E-state index is 14.4. The van der Waals surface area contributed by atoms with Gasteiger partial charge in [-0.25, -0.2) is 0 Å². The van der Waals surface area contributed by atoms with Gasteiger partial charge in [-0.15, -0.1) is 0 Å². The number of aromatic hydroxyl groups is 1. The molecule has 3 aliphatic carbocycles. The van der Waals surface area contributed by atoms with Crippen molar-refractivity contribution < 1.29 is 34.2 Å². The van der Waals surface area contributed by atoms with E-state index in [2.05, 4.69) is 5.32 Å². The minimum atomic E-state index is -2.77. The van der Waals surface area contributed by atoms with E-state index in [0.717, 1.165) is 13.0 Å². The molecule has 0 heterocycles. The van der Waals surface area contributed by atoms with Gasteiger partial charge in [0.05, 0.1) is 17.5 Å². The first-order valence-corrected chi connectivity index (χ1v) is 13.8. The number of phenols is 1. The molecule has 0 radical (unpaired) electrons. The van der Waals surface area contributed by atoms with Crippen LogP contribution in [-0.4, -0.2) is 123 Å². The number of carbonyl (C=O) groups is 5. The summed E-state index contributed by atoms with van der Waals surface area (Å²) >= 11 is 0. The Kier molecular flexibility index (Phi) is 8.18. The fraction of sp³-hybridized carbons (Fsp3) is 0.621. The minimum Gasteiger partial charge on any atom is -0.507 e. The number of nitrogens with zero attached hydrogens (tertiary/aromatic N) is 3. The third-order valence-electron chi connectivity index (χ3n) is 9.07. The van der Waals surface area contributed by atoms with Crippen LogP contribution in [0.5, 0.6) is 5.75 Å². The van der Waals surface area contributed by atoms with Crippen LogP contribution in [-0.2, 0) is 25.6 Å². The molecular weight excluding hydrogens is 530 g/mol. The zero-order valence-electron chi connectivity index (χ0n) is 24.6. The summed E-state index contributed by atoms with van der Waals surface area (Å²) in [7, 11) is 10.7. The van der Waals surface area contributed by atoms with Crippen molar-refractivity contribution in [3.63, 3.8) is 0 Å². The number of aliphatic hydroxyl groups is 1. The Hall–Kier alpha value is -3.19. The van der Waals surface area contributed by atoms with Crippen LogP contribution in [0.15, 0.2) is 12.1 Å².